The average Bonchev–Trinajstić information content (AvgIpc) is 3.36. The fraction of sp³-hybridized carbons (Fsp3) is 0.536. The van der Waals surface area contributed by atoms with Gasteiger partial charge in [-0.05, 0) is 85.6 Å². The highest BCUT2D eigenvalue weighted by Crippen LogP contribution is 2.38. The lowest BCUT2D eigenvalue weighted by molar-refractivity contribution is -0.156. The number of carbonyl (C=O) groups is 2. The van der Waals surface area contributed by atoms with Crippen molar-refractivity contribution in [3.8, 4) is 17.6 Å². The van der Waals surface area contributed by atoms with Gasteiger partial charge in [-0.3, -0.25) is 14.6 Å². The third-order valence-electron chi connectivity index (χ3n) is 6.48. The van der Waals surface area contributed by atoms with Gasteiger partial charge in [0.05, 0.1) is 34.2 Å². The molecule has 1 aromatic carbocycles. The van der Waals surface area contributed by atoms with Gasteiger partial charge < -0.3 is 14.5 Å². The maximum Gasteiger partial charge on any atom is 0.312 e. The third-order valence-corrected chi connectivity index (χ3v) is 7.79. The van der Waals surface area contributed by atoms with Crippen molar-refractivity contribution in [1.29, 1.82) is 0 Å². The second-order valence-electron chi connectivity index (χ2n) is 9.96. The Morgan fingerprint density at radius 1 is 1.28 bits per heavy atom. The fourth-order valence-electron chi connectivity index (χ4n) is 4.61. The van der Waals surface area contributed by atoms with Gasteiger partial charge >= 0.3 is 11.8 Å². The van der Waals surface area contributed by atoms with Crippen LogP contribution in [0.2, 0.25) is 0 Å². The molecule has 1 aliphatic rings. The molecular formula is C28H36BrN3O3S. The molecule has 6 nitrogen and oxygen atoms in total. The molecule has 0 aliphatic carbocycles. The fourth-order valence-corrected chi connectivity index (χ4v) is 5.62. The van der Waals surface area contributed by atoms with E-state index in [1.165, 1.54) is 5.56 Å². The maximum atomic E-state index is 13.5. The van der Waals surface area contributed by atoms with Crippen LogP contribution >= 0.6 is 27.3 Å². The summed E-state index contributed by atoms with van der Waals surface area (Å²) in [4.78, 5) is 35.6. The van der Waals surface area contributed by atoms with Crippen molar-refractivity contribution >= 4 is 39.1 Å². The first-order valence-corrected chi connectivity index (χ1v) is 14.2. The summed E-state index contributed by atoms with van der Waals surface area (Å²) in [7, 11) is 1.65. The Kier molecular flexibility index (Phi) is 9.98. The van der Waals surface area contributed by atoms with E-state index in [9.17, 15) is 9.59 Å². The SMILES string of the molecule is CCC1c2cc(Br)c(OC)cc2CCN1C(=O)C(=O)N(CCCCCC#Cc1cncs1)C(C)(C)C. The van der Waals surface area contributed by atoms with Crippen LogP contribution in [0.4, 0.5) is 0 Å². The predicted molar refractivity (Wildman–Crippen MR) is 148 cm³/mol. The number of methoxy groups -OCH3 is 1. The van der Waals surface area contributed by atoms with Gasteiger partial charge in [0.15, 0.2) is 0 Å². The van der Waals surface area contributed by atoms with Crippen LogP contribution in [0.15, 0.2) is 28.3 Å². The van der Waals surface area contributed by atoms with Gasteiger partial charge in [-0.2, -0.15) is 0 Å². The number of fused-ring (bicyclic) bond motifs is 1. The number of amides is 2. The highest BCUT2D eigenvalue weighted by atomic mass is 79.9. The zero-order valence-electron chi connectivity index (χ0n) is 21.9. The minimum Gasteiger partial charge on any atom is -0.496 e. The van der Waals surface area contributed by atoms with Crippen molar-refractivity contribution in [2.24, 2.45) is 0 Å². The van der Waals surface area contributed by atoms with Gasteiger partial charge in [0, 0.05) is 25.0 Å². The molecule has 0 bridgehead atoms. The number of rotatable bonds is 7. The third kappa shape index (κ3) is 6.89. The predicted octanol–water partition coefficient (Wildman–Crippen LogP) is 5.99. The van der Waals surface area contributed by atoms with Gasteiger partial charge in [0.2, 0.25) is 0 Å². The van der Waals surface area contributed by atoms with Gasteiger partial charge in [-0.25, -0.2) is 0 Å². The van der Waals surface area contributed by atoms with Crippen LogP contribution in [0.1, 0.15) is 81.8 Å². The average molecular weight is 575 g/mol. The Morgan fingerprint density at radius 3 is 2.69 bits per heavy atom. The molecule has 1 aromatic heterocycles. The number of unbranched alkanes of at least 4 members (excludes halogenated alkanes) is 3. The van der Waals surface area contributed by atoms with Crippen LogP contribution < -0.4 is 4.74 Å². The Hall–Kier alpha value is -2.37. The number of ether oxygens (including phenoxy) is 1. The number of hydrogen-bond acceptors (Lipinski definition) is 5. The lowest BCUT2D eigenvalue weighted by atomic mass is 9.90. The Balaban J connectivity index is 1.63. The maximum absolute atomic E-state index is 13.5. The highest BCUT2D eigenvalue weighted by Gasteiger charge is 2.38. The minimum atomic E-state index is -0.440. The summed E-state index contributed by atoms with van der Waals surface area (Å²) < 4.78 is 6.31. The number of benzene rings is 1. The van der Waals surface area contributed by atoms with E-state index in [1.54, 1.807) is 40.0 Å². The largest absolute Gasteiger partial charge is 0.496 e. The first-order valence-electron chi connectivity index (χ1n) is 12.5. The monoisotopic (exact) mass is 573 g/mol. The lowest BCUT2D eigenvalue weighted by Gasteiger charge is -2.40. The summed E-state index contributed by atoms with van der Waals surface area (Å²) in [5.41, 5.74) is 3.60. The van der Waals surface area contributed by atoms with E-state index in [-0.39, 0.29) is 6.04 Å². The van der Waals surface area contributed by atoms with Crippen molar-refractivity contribution in [2.45, 2.75) is 77.8 Å². The van der Waals surface area contributed by atoms with Crippen molar-refractivity contribution in [3.05, 3.63) is 44.3 Å². The molecule has 0 radical (unpaired) electrons. The zero-order valence-corrected chi connectivity index (χ0v) is 24.3. The lowest BCUT2D eigenvalue weighted by Crippen LogP contribution is -2.54. The summed E-state index contributed by atoms with van der Waals surface area (Å²) in [6, 6.07) is 3.94. The van der Waals surface area contributed by atoms with E-state index in [1.807, 2.05) is 32.9 Å². The van der Waals surface area contributed by atoms with E-state index in [4.69, 9.17) is 4.74 Å². The Morgan fingerprint density at radius 2 is 2.06 bits per heavy atom. The molecule has 0 saturated carbocycles. The van der Waals surface area contributed by atoms with Crippen LogP contribution in [0, 0.1) is 11.8 Å². The summed E-state index contributed by atoms with van der Waals surface area (Å²) in [6.45, 7) is 9.11. The molecule has 36 heavy (non-hydrogen) atoms. The number of aromatic nitrogens is 1. The second kappa shape index (κ2) is 12.7. The molecule has 0 spiro atoms. The number of carbonyl (C=O) groups excluding carboxylic acids is 2. The first kappa shape index (κ1) is 28.2. The van der Waals surface area contributed by atoms with E-state index in [0.717, 1.165) is 52.8 Å². The highest BCUT2D eigenvalue weighted by molar-refractivity contribution is 9.10. The number of halogens is 1. The molecule has 3 rings (SSSR count). The normalized spacial score (nSPS) is 15.1. The van der Waals surface area contributed by atoms with Crippen molar-refractivity contribution in [1.82, 2.24) is 14.8 Å². The Bertz CT molecular complexity index is 1120. The minimum absolute atomic E-state index is 0.133. The smallest absolute Gasteiger partial charge is 0.312 e. The quantitative estimate of drug-likeness (QED) is 0.232. The molecule has 2 heterocycles. The summed E-state index contributed by atoms with van der Waals surface area (Å²) in [5.74, 6) is 6.27. The van der Waals surface area contributed by atoms with Gasteiger partial charge in [0.1, 0.15) is 5.75 Å². The molecule has 0 N–H and O–H groups in total. The number of hydrogen-bond donors (Lipinski definition) is 0. The number of nitrogens with zero attached hydrogens (tertiary/aromatic N) is 3. The van der Waals surface area contributed by atoms with Gasteiger partial charge in [-0.15, -0.1) is 11.3 Å². The first-order chi connectivity index (χ1) is 17.2. The van der Waals surface area contributed by atoms with E-state index < -0.39 is 17.4 Å². The second-order valence-corrected chi connectivity index (χ2v) is 11.7. The molecule has 1 aliphatic heterocycles. The van der Waals surface area contributed by atoms with E-state index in [2.05, 4.69) is 39.7 Å². The molecule has 2 amide bonds. The van der Waals surface area contributed by atoms with E-state index in [0.29, 0.717) is 19.5 Å². The number of thiazole rings is 1. The van der Waals surface area contributed by atoms with Crippen molar-refractivity contribution in [3.63, 3.8) is 0 Å². The zero-order chi connectivity index (χ0) is 26.3. The van der Waals surface area contributed by atoms with Crippen LogP contribution in [0.5, 0.6) is 5.75 Å². The van der Waals surface area contributed by atoms with Crippen LogP contribution in [-0.2, 0) is 16.0 Å². The standard InChI is InChI=1S/C28H36BrN3O3S/c1-6-24-22-17-23(29)25(35-5)16-20(22)13-15-31(24)26(33)27(34)32(28(2,3)4)14-11-9-7-8-10-12-21-18-30-19-36-21/h16-19,24H,6-9,11,13-15H2,1-5H3. The van der Waals surface area contributed by atoms with Gasteiger partial charge in [-0.1, -0.05) is 25.2 Å². The topological polar surface area (TPSA) is 62.7 Å². The summed E-state index contributed by atoms with van der Waals surface area (Å²) >= 11 is 5.12. The molecule has 8 heteroatoms. The molecule has 1 unspecified atom stereocenters. The molecular weight excluding hydrogens is 538 g/mol. The van der Waals surface area contributed by atoms with Crippen LogP contribution in [0.3, 0.4) is 0 Å². The summed E-state index contributed by atoms with van der Waals surface area (Å²) in [5, 5.41) is 0. The van der Waals surface area contributed by atoms with Crippen LogP contribution in [-0.4, -0.2) is 52.3 Å². The van der Waals surface area contributed by atoms with E-state index >= 15 is 0 Å². The molecule has 0 saturated heterocycles. The molecule has 194 valence electrons. The van der Waals surface area contributed by atoms with Crippen molar-refractivity contribution < 1.29 is 14.3 Å². The van der Waals surface area contributed by atoms with Crippen molar-refractivity contribution in [2.75, 3.05) is 20.2 Å². The molecule has 2 aromatic rings. The summed E-state index contributed by atoms with van der Waals surface area (Å²) in [6.07, 6.45) is 6.79. The van der Waals surface area contributed by atoms with Crippen LogP contribution in [0.25, 0.3) is 0 Å². The van der Waals surface area contributed by atoms with Gasteiger partial charge in [0.25, 0.3) is 0 Å². The molecule has 0 fully saturated rings. The molecule has 1 atom stereocenters. The Labute approximate surface area is 227 Å².